The second-order valence-corrected chi connectivity index (χ2v) is 2.28. The van der Waals surface area contributed by atoms with Crippen molar-refractivity contribution in [3.63, 3.8) is 0 Å². The van der Waals surface area contributed by atoms with Crippen molar-refractivity contribution in [2.45, 2.75) is 13.8 Å². The summed E-state index contributed by atoms with van der Waals surface area (Å²) in [4.78, 5) is 21.3. The topological polar surface area (TPSA) is 52.1 Å². The first-order valence-electron chi connectivity index (χ1n) is 3.28. The van der Waals surface area contributed by atoms with Crippen molar-refractivity contribution in [3.8, 4) is 0 Å². The first-order valence-corrected chi connectivity index (χ1v) is 3.28. The predicted molar refractivity (Wildman–Crippen MR) is 38.0 cm³/mol. The van der Waals surface area contributed by atoms with Gasteiger partial charge in [0.25, 0.3) is 0 Å². The van der Waals surface area contributed by atoms with Crippen LogP contribution in [0.4, 0.5) is 4.53 Å². The van der Waals surface area contributed by atoms with Crippen LogP contribution in [0.15, 0.2) is 6.20 Å². The van der Waals surface area contributed by atoms with Crippen LogP contribution in [0, 0.1) is 13.8 Å². The van der Waals surface area contributed by atoms with Crippen molar-refractivity contribution >= 4 is 5.97 Å². The molecule has 0 fully saturated rings. The minimum Gasteiger partial charge on any atom is -0.249 e. The van der Waals surface area contributed by atoms with Crippen molar-refractivity contribution in [1.82, 2.24) is 9.97 Å². The quantitative estimate of drug-likeness (QED) is 0.634. The van der Waals surface area contributed by atoms with Gasteiger partial charge in [-0.25, -0.2) is 19.7 Å². The molecular formula is C7H7FN2O2. The Morgan fingerprint density at radius 2 is 2.25 bits per heavy atom. The Hall–Kier alpha value is -1.52. The van der Waals surface area contributed by atoms with Crippen LogP contribution in [0.2, 0.25) is 0 Å². The van der Waals surface area contributed by atoms with E-state index in [0.29, 0.717) is 11.5 Å². The second-order valence-electron chi connectivity index (χ2n) is 2.28. The summed E-state index contributed by atoms with van der Waals surface area (Å²) in [5, 5.41) is 0. The standard InChI is InChI=1S/C7H7FN2O2/c1-4-6(7(11)12-8)3-9-5(2)10-4/h3H,1-2H3. The van der Waals surface area contributed by atoms with E-state index in [0.717, 1.165) is 0 Å². The van der Waals surface area contributed by atoms with Crippen molar-refractivity contribution in [3.05, 3.63) is 23.3 Å². The number of hydrogen-bond acceptors (Lipinski definition) is 4. The molecule has 0 saturated carbocycles. The Morgan fingerprint density at radius 1 is 1.58 bits per heavy atom. The maximum Gasteiger partial charge on any atom is 0.382 e. The highest BCUT2D eigenvalue weighted by atomic mass is 19.3. The van der Waals surface area contributed by atoms with Crippen LogP contribution >= 0.6 is 0 Å². The second kappa shape index (κ2) is 3.25. The van der Waals surface area contributed by atoms with Crippen LogP contribution in [0.1, 0.15) is 21.9 Å². The predicted octanol–water partition coefficient (Wildman–Crippen LogP) is 1.13. The van der Waals surface area contributed by atoms with E-state index < -0.39 is 5.97 Å². The molecule has 0 aromatic carbocycles. The molecule has 5 heteroatoms. The molecule has 1 heterocycles. The maximum atomic E-state index is 11.4. The third-order valence-electron chi connectivity index (χ3n) is 1.39. The Balaban J connectivity index is 3.09. The molecule has 0 bridgehead atoms. The van der Waals surface area contributed by atoms with Gasteiger partial charge in [0.1, 0.15) is 11.4 Å². The highest BCUT2D eigenvalue weighted by molar-refractivity contribution is 5.89. The van der Waals surface area contributed by atoms with Gasteiger partial charge in [-0.1, -0.05) is 0 Å². The first-order chi connectivity index (χ1) is 5.65. The van der Waals surface area contributed by atoms with E-state index in [1.165, 1.54) is 6.20 Å². The zero-order valence-electron chi connectivity index (χ0n) is 6.67. The largest absolute Gasteiger partial charge is 0.382 e. The summed E-state index contributed by atoms with van der Waals surface area (Å²) in [6, 6.07) is 0. The van der Waals surface area contributed by atoms with Gasteiger partial charge in [-0.2, -0.15) is 0 Å². The number of rotatable bonds is 1. The molecule has 0 atom stereocenters. The zero-order valence-corrected chi connectivity index (χ0v) is 6.67. The number of aryl methyl sites for hydroxylation is 2. The zero-order chi connectivity index (χ0) is 9.14. The Bertz CT molecular complexity index is 314. The number of carbonyl (C=O) groups excluding carboxylic acids is 1. The Labute approximate surface area is 68.3 Å². The summed E-state index contributed by atoms with van der Waals surface area (Å²) >= 11 is 0. The molecule has 4 nitrogen and oxygen atoms in total. The van der Waals surface area contributed by atoms with E-state index in [4.69, 9.17) is 0 Å². The molecule has 0 aliphatic heterocycles. The van der Waals surface area contributed by atoms with Crippen molar-refractivity contribution < 1.29 is 14.3 Å². The molecule has 12 heavy (non-hydrogen) atoms. The monoisotopic (exact) mass is 170 g/mol. The van der Waals surface area contributed by atoms with Crippen LogP contribution in [-0.2, 0) is 4.94 Å². The van der Waals surface area contributed by atoms with Gasteiger partial charge in [0.2, 0.25) is 0 Å². The van der Waals surface area contributed by atoms with Gasteiger partial charge >= 0.3 is 5.97 Å². The van der Waals surface area contributed by atoms with Gasteiger partial charge in [-0.3, -0.25) is 0 Å². The van der Waals surface area contributed by atoms with Gasteiger partial charge in [0.05, 0.1) is 5.69 Å². The lowest BCUT2D eigenvalue weighted by molar-refractivity contribution is -0.0789. The third kappa shape index (κ3) is 1.55. The minimum atomic E-state index is -1.06. The van der Waals surface area contributed by atoms with Gasteiger partial charge in [0.15, 0.2) is 0 Å². The van der Waals surface area contributed by atoms with E-state index in [1.807, 2.05) is 0 Å². The van der Waals surface area contributed by atoms with Gasteiger partial charge in [0, 0.05) is 10.7 Å². The van der Waals surface area contributed by atoms with Crippen molar-refractivity contribution in [2.75, 3.05) is 0 Å². The Morgan fingerprint density at radius 3 is 2.75 bits per heavy atom. The van der Waals surface area contributed by atoms with Crippen molar-refractivity contribution in [2.24, 2.45) is 0 Å². The van der Waals surface area contributed by atoms with Gasteiger partial charge < -0.3 is 0 Å². The van der Waals surface area contributed by atoms with Crippen molar-refractivity contribution in [1.29, 1.82) is 0 Å². The number of halogens is 1. The highest BCUT2D eigenvalue weighted by Gasteiger charge is 2.12. The molecule has 1 rings (SSSR count). The van der Waals surface area contributed by atoms with E-state index in [-0.39, 0.29) is 5.56 Å². The molecule has 0 spiro atoms. The first kappa shape index (κ1) is 8.58. The lowest BCUT2D eigenvalue weighted by Gasteiger charge is -1.99. The molecule has 0 aliphatic rings. The van der Waals surface area contributed by atoms with Crippen LogP contribution in [-0.4, -0.2) is 15.9 Å². The molecule has 0 aliphatic carbocycles. The smallest absolute Gasteiger partial charge is 0.249 e. The number of aromatic nitrogens is 2. The normalized spacial score (nSPS) is 9.58. The molecule has 0 amide bonds. The average Bonchev–Trinajstić information content (AvgIpc) is 2.03. The van der Waals surface area contributed by atoms with Gasteiger partial charge in [-0.15, -0.1) is 0 Å². The fourth-order valence-corrected chi connectivity index (χ4v) is 0.825. The summed E-state index contributed by atoms with van der Waals surface area (Å²) in [6.07, 6.45) is 1.24. The number of carbonyl (C=O) groups is 1. The van der Waals surface area contributed by atoms with Crippen LogP contribution in [0.3, 0.4) is 0 Å². The Kier molecular flexibility index (Phi) is 2.32. The average molecular weight is 170 g/mol. The molecule has 0 unspecified atom stereocenters. The van der Waals surface area contributed by atoms with E-state index in [2.05, 4.69) is 14.9 Å². The molecule has 0 radical (unpaired) electrons. The number of hydrogen-bond donors (Lipinski definition) is 0. The summed E-state index contributed by atoms with van der Waals surface area (Å²) in [5.41, 5.74) is 0.452. The lowest BCUT2D eigenvalue weighted by atomic mass is 10.2. The van der Waals surface area contributed by atoms with Gasteiger partial charge in [-0.05, 0) is 13.8 Å². The lowest BCUT2D eigenvalue weighted by Crippen LogP contribution is -2.05. The maximum absolute atomic E-state index is 11.4. The molecule has 64 valence electrons. The molecule has 0 saturated heterocycles. The van der Waals surface area contributed by atoms with Crippen LogP contribution in [0.25, 0.3) is 0 Å². The number of nitrogens with zero attached hydrogens (tertiary/aromatic N) is 2. The third-order valence-corrected chi connectivity index (χ3v) is 1.39. The molecular weight excluding hydrogens is 163 g/mol. The van der Waals surface area contributed by atoms with E-state index >= 15 is 0 Å². The highest BCUT2D eigenvalue weighted by Crippen LogP contribution is 2.05. The summed E-state index contributed by atoms with van der Waals surface area (Å²) < 4.78 is 11.4. The van der Waals surface area contributed by atoms with Crippen LogP contribution < -0.4 is 0 Å². The van der Waals surface area contributed by atoms with E-state index in [1.54, 1.807) is 13.8 Å². The molecule has 1 aromatic rings. The SMILES string of the molecule is Cc1ncc(C(=O)OF)c(C)n1. The van der Waals surface area contributed by atoms with E-state index in [9.17, 15) is 9.32 Å². The van der Waals surface area contributed by atoms with Crippen LogP contribution in [0.5, 0.6) is 0 Å². The summed E-state index contributed by atoms with van der Waals surface area (Å²) in [6.45, 7) is 3.26. The summed E-state index contributed by atoms with van der Waals surface area (Å²) in [5.74, 6) is -0.532. The molecule has 1 aromatic heterocycles. The minimum absolute atomic E-state index is 0.0445. The summed E-state index contributed by atoms with van der Waals surface area (Å²) in [7, 11) is 0. The fourth-order valence-electron chi connectivity index (χ4n) is 0.825. The fraction of sp³-hybridized carbons (Fsp3) is 0.286. The molecule has 0 N–H and O–H groups in total.